The summed E-state index contributed by atoms with van der Waals surface area (Å²) in [6.45, 7) is 5.49. The summed E-state index contributed by atoms with van der Waals surface area (Å²) in [6, 6.07) is 0.0926. The van der Waals surface area contributed by atoms with Gasteiger partial charge in [0.05, 0.1) is 12.2 Å². The Labute approximate surface area is 138 Å². The van der Waals surface area contributed by atoms with Crippen LogP contribution in [0.15, 0.2) is 12.4 Å². The molecule has 6 nitrogen and oxygen atoms in total. The molecule has 0 saturated carbocycles. The van der Waals surface area contributed by atoms with Crippen molar-refractivity contribution < 1.29 is 9.53 Å². The van der Waals surface area contributed by atoms with E-state index in [9.17, 15) is 4.79 Å². The molecule has 1 atom stereocenters. The molecule has 128 valence electrons. The number of rotatable bonds is 3. The van der Waals surface area contributed by atoms with Gasteiger partial charge in [0.2, 0.25) is 0 Å². The first-order valence-electron chi connectivity index (χ1n) is 8.74. The molecule has 0 aromatic carbocycles. The van der Waals surface area contributed by atoms with Crippen LogP contribution < -0.4 is 5.32 Å². The highest BCUT2D eigenvalue weighted by Gasteiger charge is 2.38. The SMILES string of the molecule is CCC(NC(=O)N1CCCC2(CCOCC2)C1)c1cnn(C)c1. The van der Waals surface area contributed by atoms with Crippen LogP contribution in [0.4, 0.5) is 4.79 Å². The van der Waals surface area contributed by atoms with Crippen LogP contribution in [0, 0.1) is 5.41 Å². The molecule has 0 radical (unpaired) electrons. The zero-order valence-electron chi connectivity index (χ0n) is 14.3. The summed E-state index contributed by atoms with van der Waals surface area (Å²) >= 11 is 0. The molecule has 2 amide bonds. The number of carbonyl (C=O) groups excluding carboxylic acids is 1. The van der Waals surface area contributed by atoms with Crippen molar-refractivity contribution in [3.63, 3.8) is 0 Å². The smallest absolute Gasteiger partial charge is 0.317 e. The van der Waals surface area contributed by atoms with Gasteiger partial charge >= 0.3 is 6.03 Å². The largest absolute Gasteiger partial charge is 0.381 e. The summed E-state index contributed by atoms with van der Waals surface area (Å²) in [7, 11) is 1.90. The Bertz CT molecular complexity index is 531. The number of nitrogens with zero attached hydrogens (tertiary/aromatic N) is 3. The van der Waals surface area contributed by atoms with Gasteiger partial charge in [-0.05, 0) is 37.5 Å². The van der Waals surface area contributed by atoms with Crippen molar-refractivity contribution in [3.05, 3.63) is 18.0 Å². The summed E-state index contributed by atoms with van der Waals surface area (Å²) in [4.78, 5) is 14.7. The van der Waals surface area contributed by atoms with Gasteiger partial charge < -0.3 is 15.0 Å². The number of aromatic nitrogens is 2. The maximum absolute atomic E-state index is 12.7. The molecule has 2 aliphatic heterocycles. The van der Waals surface area contributed by atoms with Gasteiger partial charge in [-0.25, -0.2) is 4.79 Å². The minimum atomic E-state index is 0.0313. The Morgan fingerprint density at radius 2 is 2.22 bits per heavy atom. The summed E-state index contributed by atoms with van der Waals surface area (Å²) in [5.41, 5.74) is 1.35. The van der Waals surface area contributed by atoms with Crippen LogP contribution >= 0.6 is 0 Å². The van der Waals surface area contributed by atoms with Gasteiger partial charge in [-0.3, -0.25) is 4.68 Å². The second-order valence-electron chi connectivity index (χ2n) is 7.00. The van der Waals surface area contributed by atoms with E-state index in [1.165, 1.54) is 6.42 Å². The highest BCUT2D eigenvalue weighted by molar-refractivity contribution is 5.75. The topological polar surface area (TPSA) is 59.4 Å². The lowest BCUT2D eigenvalue weighted by molar-refractivity contribution is -0.0188. The zero-order chi connectivity index (χ0) is 16.3. The fraction of sp³-hybridized carbons (Fsp3) is 0.765. The Kier molecular flexibility index (Phi) is 4.90. The molecule has 1 N–H and O–H groups in total. The number of nitrogens with one attached hydrogen (secondary N) is 1. The van der Waals surface area contributed by atoms with Crippen molar-refractivity contribution in [2.75, 3.05) is 26.3 Å². The summed E-state index contributed by atoms with van der Waals surface area (Å²) in [5.74, 6) is 0. The quantitative estimate of drug-likeness (QED) is 0.931. The van der Waals surface area contributed by atoms with E-state index in [-0.39, 0.29) is 17.5 Å². The van der Waals surface area contributed by atoms with Crippen LogP contribution in [0.1, 0.15) is 50.6 Å². The van der Waals surface area contributed by atoms with Crippen LogP contribution in [0.2, 0.25) is 0 Å². The Hall–Kier alpha value is -1.56. The predicted octanol–water partition coefficient (Wildman–Crippen LogP) is 2.47. The number of hydrogen-bond acceptors (Lipinski definition) is 3. The number of hydrogen-bond donors (Lipinski definition) is 1. The lowest BCUT2D eigenvalue weighted by atomic mass is 9.74. The summed E-state index contributed by atoms with van der Waals surface area (Å²) in [5, 5.41) is 7.40. The first-order valence-corrected chi connectivity index (χ1v) is 8.74. The molecular weight excluding hydrogens is 292 g/mol. The number of aryl methyl sites for hydroxylation is 1. The third-order valence-electron chi connectivity index (χ3n) is 5.34. The van der Waals surface area contributed by atoms with Gasteiger partial charge in [-0.1, -0.05) is 6.92 Å². The lowest BCUT2D eigenvalue weighted by Crippen LogP contribution is -2.51. The first-order chi connectivity index (χ1) is 11.1. The molecule has 2 saturated heterocycles. The fourth-order valence-electron chi connectivity index (χ4n) is 3.88. The van der Waals surface area contributed by atoms with Gasteiger partial charge in [0.25, 0.3) is 0 Å². The van der Waals surface area contributed by atoms with E-state index in [4.69, 9.17) is 4.74 Å². The van der Waals surface area contributed by atoms with E-state index < -0.39 is 0 Å². The number of piperidine rings is 1. The van der Waals surface area contributed by atoms with Crippen LogP contribution in [0.25, 0.3) is 0 Å². The second-order valence-corrected chi connectivity index (χ2v) is 7.00. The third kappa shape index (κ3) is 3.68. The standard InChI is InChI=1S/C17H28N4O2/c1-3-15(14-11-18-20(2)12-14)19-16(22)21-8-4-5-17(13-21)6-9-23-10-7-17/h11-12,15H,3-10,13H2,1-2H3,(H,19,22). The predicted molar refractivity (Wildman–Crippen MR) is 88.1 cm³/mol. The van der Waals surface area contributed by atoms with Gasteiger partial charge in [0.1, 0.15) is 0 Å². The zero-order valence-corrected chi connectivity index (χ0v) is 14.3. The van der Waals surface area contributed by atoms with Crippen molar-refractivity contribution in [2.24, 2.45) is 12.5 Å². The number of amides is 2. The Morgan fingerprint density at radius 1 is 1.43 bits per heavy atom. The van der Waals surface area contributed by atoms with Crippen LogP contribution in [0.5, 0.6) is 0 Å². The Balaban J connectivity index is 1.62. The molecule has 1 aromatic heterocycles. The van der Waals surface area contributed by atoms with Crippen LogP contribution in [0.3, 0.4) is 0 Å². The molecule has 3 heterocycles. The van der Waals surface area contributed by atoms with Gasteiger partial charge in [-0.2, -0.15) is 5.10 Å². The molecule has 1 aromatic rings. The highest BCUT2D eigenvalue weighted by atomic mass is 16.5. The van der Waals surface area contributed by atoms with E-state index in [1.807, 2.05) is 24.3 Å². The number of likely N-dealkylation sites (tertiary alicyclic amines) is 1. The van der Waals surface area contributed by atoms with E-state index >= 15 is 0 Å². The average Bonchev–Trinajstić information content (AvgIpc) is 2.99. The highest BCUT2D eigenvalue weighted by Crippen LogP contribution is 2.39. The molecule has 0 aliphatic carbocycles. The van der Waals surface area contributed by atoms with E-state index in [1.54, 1.807) is 4.68 Å². The molecule has 2 fully saturated rings. The normalized spacial score (nSPS) is 22.1. The monoisotopic (exact) mass is 320 g/mol. The first kappa shape index (κ1) is 16.3. The fourth-order valence-corrected chi connectivity index (χ4v) is 3.88. The minimum Gasteiger partial charge on any atom is -0.381 e. The van der Waals surface area contributed by atoms with Crippen molar-refractivity contribution in [1.82, 2.24) is 20.0 Å². The molecular formula is C17H28N4O2. The lowest BCUT2D eigenvalue weighted by Gasteiger charge is -2.45. The number of carbonyl (C=O) groups is 1. The van der Waals surface area contributed by atoms with Gasteiger partial charge in [0.15, 0.2) is 0 Å². The second kappa shape index (κ2) is 6.91. The molecule has 23 heavy (non-hydrogen) atoms. The van der Waals surface area contributed by atoms with E-state index in [0.29, 0.717) is 0 Å². The Morgan fingerprint density at radius 3 is 2.87 bits per heavy atom. The summed E-state index contributed by atoms with van der Waals surface area (Å²) < 4.78 is 7.29. The van der Waals surface area contributed by atoms with E-state index in [0.717, 1.165) is 57.6 Å². The maximum Gasteiger partial charge on any atom is 0.317 e. The van der Waals surface area contributed by atoms with Crippen LogP contribution in [-0.2, 0) is 11.8 Å². The van der Waals surface area contributed by atoms with Gasteiger partial charge in [0, 0.05) is 45.1 Å². The molecule has 0 bridgehead atoms. The van der Waals surface area contributed by atoms with Crippen molar-refractivity contribution >= 4 is 6.03 Å². The van der Waals surface area contributed by atoms with Gasteiger partial charge in [-0.15, -0.1) is 0 Å². The van der Waals surface area contributed by atoms with E-state index in [2.05, 4.69) is 17.3 Å². The number of ether oxygens (including phenoxy) is 1. The molecule has 1 unspecified atom stereocenters. The van der Waals surface area contributed by atoms with Crippen LogP contribution in [-0.4, -0.2) is 47.0 Å². The number of urea groups is 1. The van der Waals surface area contributed by atoms with Crippen molar-refractivity contribution in [1.29, 1.82) is 0 Å². The third-order valence-corrected chi connectivity index (χ3v) is 5.34. The molecule has 2 aliphatic rings. The average molecular weight is 320 g/mol. The molecule has 6 heteroatoms. The summed E-state index contributed by atoms with van der Waals surface area (Å²) in [6.07, 6.45) is 9.16. The molecule has 1 spiro atoms. The molecule has 3 rings (SSSR count). The van der Waals surface area contributed by atoms with Crippen molar-refractivity contribution in [3.8, 4) is 0 Å². The minimum absolute atomic E-state index is 0.0313. The maximum atomic E-state index is 12.7. The van der Waals surface area contributed by atoms with Crippen molar-refractivity contribution in [2.45, 2.75) is 45.1 Å².